The molecular formula is C23H28O4. The second-order valence-electron chi connectivity index (χ2n) is 6.86. The zero-order valence-corrected chi connectivity index (χ0v) is 16.2. The SMILES string of the molecule is Cc1cccc(COC(=O)CCCCCC(=O)OCc2cccc(C)c2)c1. The Morgan fingerprint density at radius 1 is 0.704 bits per heavy atom. The van der Waals surface area contributed by atoms with E-state index >= 15 is 0 Å². The fourth-order valence-corrected chi connectivity index (χ4v) is 2.79. The lowest BCUT2D eigenvalue weighted by molar-refractivity contribution is -0.145. The van der Waals surface area contributed by atoms with Gasteiger partial charge in [0.2, 0.25) is 0 Å². The summed E-state index contributed by atoms with van der Waals surface area (Å²) in [6.45, 7) is 4.64. The van der Waals surface area contributed by atoms with Crippen molar-refractivity contribution in [3.8, 4) is 0 Å². The van der Waals surface area contributed by atoms with Crippen LogP contribution in [0, 0.1) is 13.8 Å². The minimum Gasteiger partial charge on any atom is -0.461 e. The summed E-state index contributed by atoms with van der Waals surface area (Å²) < 4.78 is 10.6. The van der Waals surface area contributed by atoms with Crippen LogP contribution in [0.2, 0.25) is 0 Å². The fourth-order valence-electron chi connectivity index (χ4n) is 2.79. The molecule has 0 saturated heterocycles. The van der Waals surface area contributed by atoms with Gasteiger partial charge < -0.3 is 9.47 Å². The number of ether oxygens (including phenoxy) is 2. The number of esters is 2. The summed E-state index contributed by atoms with van der Waals surface area (Å²) in [7, 11) is 0. The molecule has 0 aliphatic carbocycles. The van der Waals surface area contributed by atoms with Gasteiger partial charge >= 0.3 is 11.9 Å². The molecule has 0 aliphatic rings. The summed E-state index contributed by atoms with van der Waals surface area (Å²) >= 11 is 0. The standard InChI is InChI=1S/C23H28O4/c1-18-8-6-10-20(14-18)16-26-22(24)12-4-3-5-13-23(25)27-17-21-11-7-9-19(2)15-21/h6-11,14-15H,3-5,12-13,16-17H2,1-2H3. The molecule has 2 aromatic carbocycles. The molecule has 144 valence electrons. The van der Waals surface area contributed by atoms with Crippen LogP contribution in [-0.2, 0) is 32.3 Å². The Morgan fingerprint density at radius 3 is 1.56 bits per heavy atom. The van der Waals surface area contributed by atoms with Crippen LogP contribution in [0.4, 0.5) is 0 Å². The molecule has 2 rings (SSSR count). The fraction of sp³-hybridized carbons (Fsp3) is 0.391. The van der Waals surface area contributed by atoms with Gasteiger partial charge in [-0.2, -0.15) is 0 Å². The molecular weight excluding hydrogens is 340 g/mol. The van der Waals surface area contributed by atoms with Crippen molar-refractivity contribution >= 4 is 11.9 Å². The first kappa shape index (κ1) is 20.7. The van der Waals surface area contributed by atoms with E-state index in [1.54, 1.807) is 0 Å². The molecule has 0 amide bonds. The second kappa shape index (κ2) is 11.2. The van der Waals surface area contributed by atoms with E-state index in [1.165, 1.54) is 0 Å². The van der Waals surface area contributed by atoms with Crippen molar-refractivity contribution in [1.29, 1.82) is 0 Å². The smallest absolute Gasteiger partial charge is 0.306 e. The molecule has 4 heteroatoms. The number of hydrogen-bond donors (Lipinski definition) is 0. The molecule has 0 bridgehead atoms. The molecule has 27 heavy (non-hydrogen) atoms. The highest BCUT2D eigenvalue weighted by atomic mass is 16.5. The molecule has 2 aromatic rings. The van der Waals surface area contributed by atoms with E-state index in [-0.39, 0.29) is 11.9 Å². The maximum atomic E-state index is 11.8. The Balaban J connectivity index is 1.52. The Kier molecular flexibility index (Phi) is 8.56. The van der Waals surface area contributed by atoms with Crippen LogP contribution in [0.3, 0.4) is 0 Å². The summed E-state index contributed by atoms with van der Waals surface area (Å²) in [5.41, 5.74) is 4.30. The maximum Gasteiger partial charge on any atom is 0.306 e. The van der Waals surface area contributed by atoms with Gasteiger partial charge in [-0.15, -0.1) is 0 Å². The first-order chi connectivity index (χ1) is 13.0. The number of benzene rings is 2. The first-order valence-corrected chi connectivity index (χ1v) is 9.45. The Hall–Kier alpha value is -2.62. The molecule has 0 radical (unpaired) electrons. The summed E-state index contributed by atoms with van der Waals surface area (Å²) in [4.78, 5) is 23.5. The molecule has 0 aliphatic heterocycles. The Labute approximate surface area is 161 Å². The molecule has 0 unspecified atom stereocenters. The van der Waals surface area contributed by atoms with E-state index in [4.69, 9.17) is 9.47 Å². The van der Waals surface area contributed by atoms with Crippen molar-refractivity contribution in [3.63, 3.8) is 0 Å². The van der Waals surface area contributed by atoms with E-state index < -0.39 is 0 Å². The van der Waals surface area contributed by atoms with Gasteiger partial charge in [0.05, 0.1) is 0 Å². The average molecular weight is 368 g/mol. The minimum atomic E-state index is -0.196. The highest BCUT2D eigenvalue weighted by Crippen LogP contribution is 2.10. The average Bonchev–Trinajstić information content (AvgIpc) is 2.64. The van der Waals surface area contributed by atoms with Crippen molar-refractivity contribution in [2.24, 2.45) is 0 Å². The Morgan fingerprint density at radius 2 is 1.15 bits per heavy atom. The highest BCUT2D eigenvalue weighted by molar-refractivity contribution is 5.70. The molecule has 0 saturated carbocycles. The topological polar surface area (TPSA) is 52.6 Å². The van der Waals surface area contributed by atoms with Crippen molar-refractivity contribution in [3.05, 3.63) is 70.8 Å². The number of carbonyl (C=O) groups excluding carboxylic acids is 2. The Bertz CT molecular complexity index is 688. The summed E-state index contributed by atoms with van der Waals surface area (Å²) in [5, 5.41) is 0. The van der Waals surface area contributed by atoms with E-state index in [1.807, 2.05) is 62.4 Å². The third-order valence-electron chi connectivity index (χ3n) is 4.23. The number of unbranched alkanes of at least 4 members (excludes halogenated alkanes) is 2. The third kappa shape index (κ3) is 8.54. The molecule has 4 nitrogen and oxygen atoms in total. The summed E-state index contributed by atoms with van der Waals surface area (Å²) in [6.07, 6.45) is 3.00. The normalized spacial score (nSPS) is 10.4. The summed E-state index contributed by atoms with van der Waals surface area (Å²) in [5.74, 6) is -0.392. The monoisotopic (exact) mass is 368 g/mol. The number of hydrogen-bond acceptors (Lipinski definition) is 4. The van der Waals surface area contributed by atoms with Gasteiger partial charge in [-0.05, 0) is 37.8 Å². The van der Waals surface area contributed by atoms with Gasteiger partial charge in [-0.1, -0.05) is 66.1 Å². The molecule has 0 aromatic heterocycles. The molecule has 0 N–H and O–H groups in total. The van der Waals surface area contributed by atoms with Gasteiger partial charge in [0.15, 0.2) is 0 Å². The van der Waals surface area contributed by atoms with Crippen molar-refractivity contribution in [2.45, 2.75) is 59.2 Å². The van der Waals surface area contributed by atoms with Crippen molar-refractivity contribution < 1.29 is 19.1 Å². The van der Waals surface area contributed by atoms with Gasteiger partial charge in [0, 0.05) is 12.8 Å². The molecule has 0 spiro atoms. The van der Waals surface area contributed by atoms with E-state index in [9.17, 15) is 9.59 Å². The van der Waals surface area contributed by atoms with Crippen molar-refractivity contribution in [2.75, 3.05) is 0 Å². The van der Waals surface area contributed by atoms with Crippen LogP contribution < -0.4 is 0 Å². The largest absolute Gasteiger partial charge is 0.461 e. The predicted octanol–water partition coefficient (Wildman–Crippen LogP) is 5.04. The van der Waals surface area contributed by atoms with Crippen LogP contribution in [0.15, 0.2) is 48.5 Å². The molecule has 0 fully saturated rings. The predicted molar refractivity (Wildman–Crippen MR) is 105 cm³/mol. The lowest BCUT2D eigenvalue weighted by Crippen LogP contribution is -2.06. The van der Waals surface area contributed by atoms with Crippen LogP contribution in [-0.4, -0.2) is 11.9 Å². The minimum absolute atomic E-state index is 0.196. The van der Waals surface area contributed by atoms with Gasteiger partial charge in [-0.3, -0.25) is 9.59 Å². The van der Waals surface area contributed by atoms with Crippen LogP contribution in [0.1, 0.15) is 54.4 Å². The quantitative estimate of drug-likeness (QED) is 0.435. The van der Waals surface area contributed by atoms with Crippen LogP contribution in [0.25, 0.3) is 0 Å². The van der Waals surface area contributed by atoms with Crippen LogP contribution in [0.5, 0.6) is 0 Å². The van der Waals surface area contributed by atoms with Crippen LogP contribution >= 0.6 is 0 Å². The number of aryl methyl sites for hydroxylation is 2. The zero-order valence-electron chi connectivity index (χ0n) is 16.2. The summed E-state index contributed by atoms with van der Waals surface area (Å²) in [6, 6.07) is 15.8. The zero-order chi connectivity index (χ0) is 19.5. The number of carbonyl (C=O) groups is 2. The second-order valence-corrected chi connectivity index (χ2v) is 6.86. The van der Waals surface area contributed by atoms with Gasteiger partial charge in [-0.25, -0.2) is 0 Å². The number of rotatable bonds is 10. The maximum absolute atomic E-state index is 11.8. The van der Waals surface area contributed by atoms with Crippen molar-refractivity contribution in [1.82, 2.24) is 0 Å². The van der Waals surface area contributed by atoms with Gasteiger partial charge in [0.1, 0.15) is 13.2 Å². The lowest BCUT2D eigenvalue weighted by Gasteiger charge is -2.07. The first-order valence-electron chi connectivity index (χ1n) is 9.45. The third-order valence-corrected chi connectivity index (χ3v) is 4.23. The molecule has 0 heterocycles. The van der Waals surface area contributed by atoms with E-state index in [2.05, 4.69) is 0 Å². The molecule has 0 atom stereocenters. The van der Waals surface area contributed by atoms with E-state index in [0.29, 0.717) is 26.1 Å². The lowest BCUT2D eigenvalue weighted by atomic mass is 10.1. The highest BCUT2D eigenvalue weighted by Gasteiger charge is 2.06. The van der Waals surface area contributed by atoms with E-state index in [0.717, 1.165) is 41.5 Å². The van der Waals surface area contributed by atoms with Gasteiger partial charge in [0.25, 0.3) is 0 Å².